The molecule has 0 aliphatic rings. The van der Waals surface area contributed by atoms with Crippen molar-refractivity contribution in [2.45, 2.75) is 26.4 Å². The van der Waals surface area contributed by atoms with Crippen molar-refractivity contribution < 1.29 is 9.53 Å². The van der Waals surface area contributed by atoms with Crippen LogP contribution >= 0.6 is 0 Å². The minimum Gasteiger partial charge on any atom is -0.456 e. The topological polar surface area (TPSA) is 67.9 Å². The van der Waals surface area contributed by atoms with Crippen molar-refractivity contribution >= 4 is 17.0 Å². The van der Waals surface area contributed by atoms with E-state index in [1.165, 1.54) is 0 Å². The van der Waals surface area contributed by atoms with Crippen LogP contribution in [0.4, 0.5) is 0 Å². The van der Waals surface area contributed by atoms with Gasteiger partial charge in [0, 0.05) is 12.6 Å². The molecule has 0 amide bonds. The van der Waals surface area contributed by atoms with E-state index in [9.17, 15) is 4.79 Å². The van der Waals surface area contributed by atoms with Crippen molar-refractivity contribution in [1.29, 1.82) is 5.26 Å². The predicted octanol–water partition coefficient (Wildman–Crippen LogP) is 4.07. The fourth-order valence-corrected chi connectivity index (χ4v) is 2.61. The van der Waals surface area contributed by atoms with E-state index in [4.69, 9.17) is 10.00 Å². The maximum Gasteiger partial charge on any atom is 0.338 e. The number of imidazole rings is 1. The lowest BCUT2D eigenvalue weighted by Crippen LogP contribution is -2.23. The van der Waals surface area contributed by atoms with Gasteiger partial charge in [0.05, 0.1) is 28.2 Å². The van der Waals surface area contributed by atoms with Gasteiger partial charge in [-0.3, -0.25) is 0 Å². The van der Waals surface area contributed by atoms with Crippen LogP contribution in [0.5, 0.6) is 0 Å². The van der Waals surface area contributed by atoms with E-state index in [1.807, 2.05) is 56.7 Å². The Hall–Kier alpha value is -3.13. The fraction of sp³-hybridized carbons (Fsp3) is 0.250. The SMILES string of the molecule is Cn1c(-c2ccc(C(=O)OC(C)(C)C)cc2)nc2ccc(C#N)cc21. The first-order valence-electron chi connectivity index (χ1n) is 7.99. The number of aromatic nitrogens is 2. The largest absolute Gasteiger partial charge is 0.456 e. The summed E-state index contributed by atoms with van der Waals surface area (Å²) in [7, 11) is 1.91. The molecule has 0 aliphatic heterocycles. The smallest absolute Gasteiger partial charge is 0.338 e. The molecule has 5 heteroatoms. The van der Waals surface area contributed by atoms with E-state index in [2.05, 4.69) is 11.1 Å². The molecule has 1 heterocycles. The van der Waals surface area contributed by atoms with Crippen LogP contribution < -0.4 is 0 Å². The number of nitriles is 1. The van der Waals surface area contributed by atoms with Crippen LogP contribution in [0.3, 0.4) is 0 Å². The van der Waals surface area contributed by atoms with Crippen molar-refractivity contribution in [3.8, 4) is 17.5 Å². The highest BCUT2D eigenvalue weighted by Crippen LogP contribution is 2.25. The van der Waals surface area contributed by atoms with Crippen LogP contribution in [0.2, 0.25) is 0 Å². The van der Waals surface area contributed by atoms with E-state index < -0.39 is 5.60 Å². The average Bonchev–Trinajstić information content (AvgIpc) is 2.90. The number of ether oxygens (including phenoxy) is 1. The molecule has 0 unspecified atom stereocenters. The molecule has 0 saturated heterocycles. The number of carbonyl (C=O) groups excluding carboxylic acids is 1. The third-order valence-corrected chi connectivity index (χ3v) is 3.79. The van der Waals surface area contributed by atoms with Gasteiger partial charge >= 0.3 is 5.97 Å². The summed E-state index contributed by atoms with van der Waals surface area (Å²) in [5.74, 6) is 0.434. The summed E-state index contributed by atoms with van der Waals surface area (Å²) in [5, 5.41) is 9.05. The molecule has 0 aliphatic carbocycles. The van der Waals surface area contributed by atoms with Crippen LogP contribution in [-0.4, -0.2) is 21.1 Å². The van der Waals surface area contributed by atoms with Crippen molar-refractivity contribution in [2.75, 3.05) is 0 Å². The molecule has 0 atom stereocenters. The Labute approximate surface area is 146 Å². The maximum absolute atomic E-state index is 12.1. The molecule has 5 nitrogen and oxygen atoms in total. The zero-order chi connectivity index (χ0) is 18.2. The summed E-state index contributed by atoms with van der Waals surface area (Å²) >= 11 is 0. The van der Waals surface area contributed by atoms with Crippen LogP contribution in [0.15, 0.2) is 42.5 Å². The van der Waals surface area contributed by atoms with Crippen LogP contribution in [0.25, 0.3) is 22.4 Å². The number of carbonyl (C=O) groups is 1. The highest BCUT2D eigenvalue weighted by molar-refractivity contribution is 5.90. The second-order valence-corrected chi connectivity index (χ2v) is 6.89. The van der Waals surface area contributed by atoms with Gasteiger partial charge in [-0.15, -0.1) is 0 Å². The normalized spacial score (nSPS) is 11.3. The van der Waals surface area contributed by atoms with Gasteiger partial charge in [-0.05, 0) is 51.1 Å². The molecule has 0 bridgehead atoms. The number of benzene rings is 2. The van der Waals surface area contributed by atoms with E-state index in [0.29, 0.717) is 11.1 Å². The molecule has 0 saturated carbocycles. The number of aryl methyl sites for hydroxylation is 1. The van der Waals surface area contributed by atoms with Crippen molar-refractivity contribution in [2.24, 2.45) is 7.05 Å². The summed E-state index contributed by atoms with van der Waals surface area (Å²) < 4.78 is 7.32. The number of nitrogens with zero attached hydrogens (tertiary/aromatic N) is 3. The molecule has 0 fully saturated rings. The first-order valence-corrected chi connectivity index (χ1v) is 7.99. The highest BCUT2D eigenvalue weighted by atomic mass is 16.6. The molecule has 126 valence electrons. The number of esters is 1. The van der Waals surface area contributed by atoms with E-state index in [0.717, 1.165) is 22.4 Å². The highest BCUT2D eigenvalue weighted by Gasteiger charge is 2.18. The lowest BCUT2D eigenvalue weighted by molar-refractivity contribution is 0.00695. The molecule has 0 N–H and O–H groups in total. The minimum absolute atomic E-state index is 0.345. The molecule has 3 rings (SSSR count). The standard InChI is InChI=1S/C20H19N3O2/c1-20(2,3)25-19(24)15-8-6-14(7-9-15)18-22-16-10-5-13(12-21)11-17(16)23(18)4/h5-11H,1-4H3. The first kappa shape index (κ1) is 16.7. The van der Waals surface area contributed by atoms with Gasteiger partial charge in [-0.1, -0.05) is 12.1 Å². The Morgan fingerprint density at radius 1 is 1.16 bits per heavy atom. The molecule has 25 heavy (non-hydrogen) atoms. The van der Waals surface area contributed by atoms with Crippen molar-refractivity contribution in [3.05, 3.63) is 53.6 Å². The summed E-state index contributed by atoms with van der Waals surface area (Å²) in [4.78, 5) is 16.7. The van der Waals surface area contributed by atoms with Gasteiger partial charge in [0.1, 0.15) is 11.4 Å². The van der Waals surface area contributed by atoms with Gasteiger partial charge in [-0.2, -0.15) is 5.26 Å². The Morgan fingerprint density at radius 2 is 1.84 bits per heavy atom. The zero-order valence-electron chi connectivity index (χ0n) is 14.7. The van der Waals surface area contributed by atoms with Gasteiger partial charge in [0.25, 0.3) is 0 Å². The second-order valence-electron chi connectivity index (χ2n) is 6.89. The average molecular weight is 333 g/mol. The van der Waals surface area contributed by atoms with E-state index >= 15 is 0 Å². The monoisotopic (exact) mass is 333 g/mol. The minimum atomic E-state index is -0.522. The third-order valence-electron chi connectivity index (χ3n) is 3.79. The van der Waals surface area contributed by atoms with Gasteiger partial charge in [0.2, 0.25) is 0 Å². The van der Waals surface area contributed by atoms with Crippen LogP contribution in [-0.2, 0) is 11.8 Å². The first-order chi connectivity index (χ1) is 11.8. The van der Waals surface area contributed by atoms with Crippen molar-refractivity contribution in [3.63, 3.8) is 0 Å². The van der Waals surface area contributed by atoms with Crippen molar-refractivity contribution in [1.82, 2.24) is 9.55 Å². The van der Waals surface area contributed by atoms with Crippen LogP contribution in [0, 0.1) is 11.3 Å². The lowest BCUT2D eigenvalue weighted by Gasteiger charge is -2.19. The molecule has 2 aromatic carbocycles. The Morgan fingerprint density at radius 3 is 2.44 bits per heavy atom. The Bertz CT molecular complexity index is 987. The van der Waals surface area contributed by atoms with E-state index in [1.54, 1.807) is 18.2 Å². The fourth-order valence-electron chi connectivity index (χ4n) is 2.61. The van der Waals surface area contributed by atoms with Gasteiger partial charge in [0.15, 0.2) is 0 Å². The second kappa shape index (κ2) is 6.06. The number of rotatable bonds is 2. The Balaban J connectivity index is 1.95. The van der Waals surface area contributed by atoms with Gasteiger partial charge < -0.3 is 9.30 Å². The summed E-state index contributed by atoms with van der Waals surface area (Å²) in [6.45, 7) is 5.52. The molecule has 0 radical (unpaired) electrons. The third kappa shape index (κ3) is 3.38. The molecular formula is C20H19N3O2. The molecule has 1 aromatic heterocycles. The van der Waals surface area contributed by atoms with E-state index in [-0.39, 0.29) is 5.97 Å². The molecule has 0 spiro atoms. The summed E-state index contributed by atoms with van der Waals surface area (Å²) in [5.41, 5.74) is 3.19. The lowest BCUT2D eigenvalue weighted by atomic mass is 10.1. The number of hydrogen-bond acceptors (Lipinski definition) is 4. The molecule has 3 aromatic rings. The predicted molar refractivity (Wildman–Crippen MR) is 96.0 cm³/mol. The number of fused-ring (bicyclic) bond motifs is 1. The summed E-state index contributed by atoms with van der Waals surface area (Å²) in [6, 6.07) is 14.7. The van der Waals surface area contributed by atoms with Gasteiger partial charge in [-0.25, -0.2) is 9.78 Å². The molecular weight excluding hydrogens is 314 g/mol. The maximum atomic E-state index is 12.1. The number of hydrogen-bond donors (Lipinski definition) is 0. The Kier molecular flexibility index (Phi) is 4.05. The zero-order valence-corrected chi connectivity index (χ0v) is 14.7. The quantitative estimate of drug-likeness (QED) is 0.663. The summed E-state index contributed by atoms with van der Waals surface area (Å²) in [6.07, 6.45) is 0. The van der Waals surface area contributed by atoms with Crippen LogP contribution in [0.1, 0.15) is 36.7 Å².